The van der Waals surface area contributed by atoms with E-state index in [-0.39, 0.29) is 0 Å². The van der Waals surface area contributed by atoms with Gasteiger partial charge in [-0.3, -0.25) is 9.69 Å². The van der Waals surface area contributed by atoms with Crippen molar-refractivity contribution >= 4 is 17.5 Å². The second kappa shape index (κ2) is 8.63. The molecule has 27 heavy (non-hydrogen) atoms. The minimum absolute atomic E-state index is 0.399. The second-order valence-corrected chi connectivity index (χ2v) is 6.68. The molecule has 1 saturated heterocycles. The first-order valence-electron chi connectivity index (χ1n) is 8.45. The van der Waals surface area contributed by atoms with Gasteiger partial charge in [-0.25, -0.2) is 8.78 Å². The molecule has 1 fully saturated rings. The van der Waals surface area contributed by atoms with Gasteiger partial charge in [0.05, 0.1) is 0 Å². The third kappa shape index (κ3) is 4.93. The van der Waals surface area contributed by atoms with Gasteiger partial charge in [0.25, 0.3) is 5.91 Å². The summed E-state index contributed by atoms with van der Waals surface area (Å²) in [4.78, 5) is 16.0. The fraction of sp³-hybridized carbons (Fsp3) is 0.316. The van der Waals surface area contributed by atoms with Gasteiger partial charge in [-0.15, -0.1) is 0 Å². The topological polar surface area (TPSA) is 32.8 Å². The van der Waals surface area contributed by atoms with Crippen LogP contribution in [0.15, 0.2) is 36.4 Å². The summed E-state index contributed by atoms with van der Waals surface area (Å²) < 4.78 is 45.1. The normalized spacial score (nSPS) is 15.0. The molecule has 2 aromatic carbocycles. The number of ether oxygens (including phenoxy) is 1. The molecular weight excluding hydrogens is 381 g/mol. The van der Waals surface area contributed by atoms with Crippen LogP contribution in [0.4, 0.5) is 13.2 Å². The van der Waals surface area contributed by atoms with Crippen molar-refractivity contribution in [1.82, 2.24) is 9.80 Å². The van der Waals surface area contributed by atoms with Crippen LogP contribution < -0.4 is 4.74 Å². The van der Waals surface area contributed by atoms with Crippen LogP contribution in [0.2, 0.25) is 5.02 Å². The Morgan fingerprint density at radius 3 is 2.26 bits per heavy atom. The van der Waals surface area contributed by atoms with Crippen molar-refractivity contribution in [3.8, 4) is 5.75 Å². The second-order valence-electron chi connectivity index (χ2n) is 6.24. The Labute approximate surface area is 160 Å². The predicted octanol–water partition coefficient (Wildman–Crippen LogP) is 3.48. The number of piperazine rings is 1. The van der Waals surface area contributed by atoms with Crippen LogP contribution >= 0.6 is 11.6 Å². The Kier molecular flexibility index (Phi) is 6.23. The van der Waals surface area contributed by atoms with Gasteiger partial charge < -0.3 is 9.64 Å². The van der Waals surface area contributed by atoms with Gasteiger partial charge in [-0.05, 0) is 29.8 Å². The molecule has 0 unspecified atom stereocenters. The number of carbonyl (C=O) groups is 1. The number of rotatable bonds is 5. The van der Waals surface area contributed by atoms with E-state index < -0.39 is 35.7 Å². The third-order valence-corrected chi connectivity index (χ3v) is 4.64. The van der Waals surface area contributed by atoms with E-state index in [9.17, 15) is 18.0 Å². The van der Waals surface area contributed by atoms with Gasteiger partial charge >= 0.3 is 0 Å². The highest BCUT2D eigenvalue weighted by atomic mass is 35.5. The maximum atomic E-state index is 13.6. The maximum absolute atomic E-state index is 13.6. The average Bonchev–Trinajstić information content (AvgIpc) is 2.67. The molecule has 0 aromatic heterocycles. The minimum atomic E-state index is -1.43. The lowest BCUT2D eigenvalue weighted by atomic mass is 10.2. The van der Waals surface area contributed by atoms with Crippen LogP contribution in [0.25, 0.3) is 0 Å². The zero-order valence-electron chi connectivity index (χ0n) is 14.4. The van der Waals surface area contributed by atoms with E-state index in [2.05, 4.69) is 4.90 Å². The summed E-state index contributed by atoms with van der Waals surface area (Å²) >= 11 is 5.87. The molecule has 8 heteroatoms. The van der Waals surface area contributed by atoms with E-state index in [4.69, 9.17) is 16.3 Å². The number of carbonyl (C=O) groups excluding carboxylic acids is 1. The highest BCUT2D eigenvalue weighted by molar-refractivity contribution is 6.30. The Bertz CT molecular complexity index is 809. The SMILES string of the molecule is O=C(COc1c(F)ccc(F)c1F)N1CCN(Cc2ccc(Cl)cc2)CC1. The molecule has 1 aliphatic rings. The molecule has 3 rings (SSSR count). The first-order valence-corrected chi connectivity index (χ1v) is 8.82. The smallest absolute Gasteiger partial charge is 0.260 e. The summed E-state index contributed by atoms with van der Waals surface area (Å²) in [5.41, 5.74) is 1.12. The van der Waals surface area contributed by atoms with Crippen molar-refractivity contribution in [1.29, 1.82) is 0 Å². The van der Waals surface area contributed by atoms with Crippen LogP contribution in [0.5, 0.6) is 5.75 Å². The summed E-state index contributed by atoms with van der Waals surface area (Å²) in [5, 5.41) is 0.681. The third-order valence-electron chi connectivity index (χ3n) is 4.39. The monoisotopic (exact) mass is 398 g/mol. The summed E-state index contributed by atoms with van der Waals surface area (Å²) in [6.45, 7) is 2.48. The molecule has 0 bridgehead atoms. The van der Waals surface area contributed by atoms with Gasteiger partial charge in [0.15, 0.2) is 24.0 Å². The average molecular weight is 399 g/mol. The van der Waals surface area contributed by atoms with Crippen LogP contribution in [0.1, 0.15) is 5.56 Å². The number of halogens is 4. The molecule has 4 nitrogen and oxygen atoms in total. The van der Waals surface area contributed by atoms with Crippen molar-refractivity contribution in [2.75, 3.05) is 32.8 Å². The van der Waals surface area contributed by atoms with Crippen LogP contribution in [-0.2, 0) is 11.3 Å². The van der Waals surface area contributed by atoms with Gasteiger partial charge in [0.1, 0.15) is 0 Å². The van der Waals surface area contributed by atoms with E-state index in [1.807, 2.05) is 24.3 Å². The summed E-state index contributed by atoms with van der Waals surface area (Å²) in [6, 6.07) is 9.00. The molecule has 0 radical (unpaired) electrons. The van der Waals surface area contributed by atoms with E-state index in [0.29, 0.717) is 37.3 Å². The zero-order valence-corrected chi connectivity index (χ0v) is 15.2. The largest absolute Gasteiger partial charge is 0.478 e. The van der Waals surface area contributed by atoms with Crippen LogP contribution in [0, 0.1) is 17.5 Å². The summed E-state index contributed by atoms with van der Waals surface area (Å²) in [7, 11) is 0. The lowest BCUT2D eigenvalue weighted by molar-refractivity contribution is -0.135. The highest BCUT2D eigenvalue weighted by Gasteiger charge is 2.23. The minimum Gasteiger partial charge on any atom is -0.478 e. The first kappa shape index (κ1) is 19.5. The van der Waals surface area contributed by atoms with Crippen molar-refractivity contribution in [3.63, 3.8) is 0 Å². The fourth-order valence-electron chi connectivity index (χ4n) is 2.87. The molecule has 144 valence electrons. The molecule has 0 atom stereocenters. The lowest BCUT2D eigenvalue weighted by Crippen LogP contribution is -2.49. The van der Waals surface area contributed by atoms with Crippen molar-refractivity contribution < 1.29 is 22.7 Å². The first-order chi connectivity index (χ1) is 12.9. The number of hydrogen-bond acceptors (Lipinski definition) is 3. The van der Waals surface area contributed by atoms with Crippen molar-refractivity contribution in [2.45, 2.75) is 6.54 Å². The van der Waals surface area contributed by atoms with E-state index in [1.165, 1.54) is 0 Å². The summed E-state index contributed by atoms with van der Waals surface area (Å²) in [6.07, 6.45) is 0. The van der Waals surface area contributed by atoms with Gasteiger partial charge in [-0.2, -0.15) is 4.39 Å². The number of benzene rings is 2. The van der Waals surface area contributed by atoms with Gasteiger partial charge in [-0.1, -0.05) is 23.7 Å². The van der Waals surface area contributed by atoms with Crippen molar-refractivity contribution in [2.24, 2.45) is 0 Å². The van der Waals surface area contributed by atoms with Gasteiger partial charge in [0.2, 0.25) is 5.82 Å². The summed E-state index contributed by atoms with van der Waals surface area (Å²) in [5.74, 6) is -4.98. The molecule has 0 spiro atoms. The zero-order chi connectivity index (χ0) is 19.4. The van der Waals surface area contributed by atoms with Crippen LogP contribution in [0.3, 0.4) is 0 Å². The molecule has 0 saturated carbocycles. The molecule has 0 N–H and O–H groups in total. The molecular formula is C19H18ClF3N2O2. The number of nitrogens with zero attached hydrogens (tertiary/aromatic N) is 2. The van der Waals surface area contributed by atoms with E-state index >= 15 is 0 Å². The molecule has 0 aliphatic carbocycles. The van der Waals surface area contributed by atoms with Crippen LogP contribution in [-0.4, -0.2) is 48.5 Å². The highest BCUT2D eigenvalue weighted by Crippen LogP contribution is 2.23. The van der Waals surface area contributed by atoms with E-state index in [1.54, 1.807) is 4.90 Å². The Morgan fingerprint density at radius 1 is 0.963 bits per heavy atom. The lowest BCUT2D eigenvalue weighted by Gasteiger charge is -2.34. The molecule has 1 aliphatic heterocycles. The number of hydrogen-bond donors (Lipinski definition) is 0. The molecule has 2 aromatic rings. The molecule has 1 heterocycles. The van der Waals surface area contributed by atoms with Crippen molar-refractivity contribution in [3.05, 3.63) is 64.4 Å². The number of amides is 1. The quantitative estimate of drug-likeness (QED) is 0.723. The Hall–Kier alpha value is -2.25. The van der Waals surface area contributed by atoms with E-state index in [0.717, 1.165) is 18.2 Å². The predicted molar refractivity (Wildman–Crippen MR) is 95.1 cm³/mol. The standard InChI is InChI=1S/C19H18ClF3N2O2/c20-14-3-1-13(2-4-14)11-24-7-9-25(10-8-24)17(26)12-27-19-16(22)6-5-15(21)18(19)23/h1-6H,7-12H2. The maximum Gasteiger partial charge on any atom is 0.260 e. The Balaban J connectivity index is 1.49. The Morgan fingerprint density at radius 2 is 1.59 bits per heavy atom. The molecule has 1 amide bonds. The fourth-order valence-corrected chi connectivity index (χ4v) is 3.00. The van der Waals surface area contributed by atoms with Gasteiger partial charge in [0, 0.05) is 37.7 Å².